The monoisotopic (exact) mass is 320 g/mol. The molecule has 1 aliphatic rings. The van der Waals surface area contributed by atoms with Crippen LogP contribution in [0.5, 0.6) is 0 Å². The van der Waals surface area contributed by atoms with Crippen molar-refractivity contribution >= 4 is 11.9 Å². The van der Waals surface area contributed by atoms with Crippen molar-refractivity contribution in [2.24, 2.45) is 7.05 Å². The predicted octanol–water partition coefficient (Wildman–Crippen LogP) is 2.81. The Hall–Kier alpha value is -1.78. The molecule has 0 aliphatic heterocycles. The maximum absolute atomic E-state index is 12.1. The van der Waals surface area contributed by atoms with Gasteiger partial charge in [0.05, 0.1) is 6.61 Å². The molecule has 1 aromatic rings. The second-order valence-electron chi connectivity index (χ2n) is 6.37. The third-order valence-corrected chi connectivity index (χ3v) is 4.87. The number of carbonyl (C=O) groups is 2. The predicted molar refractivity (Wildman–Crippen MR) is 89.6 cm³/mol. The molecule has 128 valence electrons. The number of esters is 1. The van der Waals surface area contributed by atoms with Gasteiger partial charge in [-0.15, -0.1) is 0 Å². The maximum atomic E-state index is 12.1. The lowest BCUT2D eigenvalue weighted by Gasteiger charge is -2.12. The smallest absolute Gasteiger partial charge is 0.355 e. The summed E-state index contributed by atoms with van der Waals surface area (Å²) in [5, 5.41) is 3.12. The van der Waals surface area contributed by atoms with Gasteiger partial charge in [-0.1, -0.05) is 12.8 Å². The Labute approximate surface area is 138 Å². The molecule has 1 aromatic heterocycles. The molecule has 1 amide bonds. The molecule has 1 heterocycles. The number of nitrogens with zero attached hydrogens (tertiary/aromatic N) is 1. The molecule has 0 radical (unpaired) electrons. The zero-order valence-corrected chi connectivity index (χ0v) is 14.7. The van der Waals surface area contributed by atoms with Crippen molar-refractivity contribution in [3.05, 3.63) is 22.5 Å². The summed E-state index contributed by atoms with van der Waals surface area (Å²) < 4.78 is 7.01. The van der Waals surface area contributed by atoms with Gasteiger partial charge in [0.15, 0.2) is 0 Å². The van der Waals surface area contributed by atoms with E-state index in [9.17, 15) is 9.59 Å². The van der Waals surface area contributed by atoms with Gasteiger partial charge in [0.2, 0.25) is 5.91 Å². The van der Waals surface area contributed by atoms with Crippen LogP contribution in [0.4, 0.5) is 0 Å². The standard InChI is InChI=1S/C18H28N2O3/c1-5-23-18(22)17-12(2)15(13(3)20(17)4)10-11-16(21)19-14-8-6-7-9-14/h14H,5-11H2,1-4H3,(H,19,21). The first-order valence-corrected chi connectivity index (χ1v) is 8.56. The summed E-state index contributed by atoms with van der Waals surface area (Å²) in [4.78, 5) is 24.2. The van der Waals surface area contributed by atoms with Gasteiger partial charge in [0, 0.05) is 25.2 Å². The van der Waals surface area contributed by atoms with Gasteiger partial charge >= 0.3 is 5.97 Å². The first-order chi connectivity index (χ1) is 11.0. The second kappa shape index (κ2) is 7.66. The molecule has 1 N–H and O–H groups in total. The normalized spacial score (nSPS) is 15.0. The Morgan fingerprint density at radius 3 is 2.52 bits per heavy atom. The summed E-state index contributed by atoms with van der Waals surface area (Å²) in [6, 6.07) is 0.357. The Kier molecular flexibility index (Phi) is 5.85. The molecule has 0 unspecified atom stereocenters. The van der Waals surface area contributed by atoms with E-state index in [0.717, 1.165) is 29.7 Å². The van der Waals surface area contributed by atoms with Gasteiger partial charge in [-0.25, -0.2) is 4.79 Å². The zero-order chi connectivity index (χ0) is 17.0. The molecule has 0 spiro atoms. The molecule has 0 bridgehead atoms. The van der Waals surface area contributed by atoms with E-state index in [-0.39, 0.29) is 11.9 Å². The van der Waals surface area contributed by atoms with Crippen molar-refractivity contribution in [1.29, 1.82) is 0 Å². The average Bonchev–Trinajstić information content (AvgIpc) is 3.06. The molecular formula is C18H28N2O3. The first kappa shape index (κ1) is 17.6. The van der Waals surface area contributed by atoms with Gasteiger partial charge in [-0.05, 0) is 51.2 Å². The zero-order valence-electron chi connectivity index (χ0n) is 14.7. The highest BCUT2D eigenvalue weighted by atomic mass is 16.5. The number of hydrogen-bond donors (Lipinski definition) is 1. The summed E-state index contributed by atoms with van der Waals surface area (Å²) in [6.45, 7) is 6.09. The largest absolute Gasteiger partial charge is 0.461 e. The van der Waals surface area contributed by atoms with Crippen LogP contribution >= 0.6 is 0 Å². The van der Waals surface area contributed by atoms with E-state index in [1.165, 1.54) is 12.8 Å². The number of amides is 1. The number of rotatable bonds is 6. The maximum Gasteiger partial charge on any atom is 0.355 e. The van der Waals surface area contributed by atoms with Gasteiger partial charge in [-0.3, -0.25) is 4.79 Å². The van der Waals surface area contributed by atoms with Gasteiger partial charge in [0.25, 0.3) is 0 Å². The molecule has 0 atom stereocenters. The lowest BCUT2D eigenvalue weighted by Crippen LogP contribution is -2.32. The summed E-state index contributed by atoms with van der Waals surface area (Å²) >= 11 is 0. The van der Waals surface area contributed by atoms with Crippen molar-refractivity contribution in [3.63, 3.8) is 0 Å². The Bertz CT molecular complexity index is 584. The minimum atomic E-state index is -0.294. The summed E-state index contributed by atoms with van der Waals surface area (Å²) in [7, 11) is 1.87. The lowest BCUT2D eigenvalue weighted by molar-refractivity contribution is -0.121. The number of carbonyl (C=O) groups excluding carboxylic acids is 2. The molecule has 2 rings (SSSR count). The number of hydrogen-bond acceptors (Lipinski definition) is 3. The molecule has 1 aliphatic carbocycles. The van der Waals surface area contributed by atoms with Crippen LogP contribution in [0.15, 0.2) is 0 Å². The Balaban J connectivity index is 2.03. The summed E-state index contributed by atoms with van der Waals surface area (Å²) in [5.74, 6) is -0.186. The fraction of sp³-hybridized carbons (Fsp3) is 0.667. The SMILES string of the molecule is CCOC(=O)c1c(C)c(CCC(=O)NC2CCCC2)c(C)n1C. The first-order valence-electron chi connectivity index (χ1n) is 8.56. The fourth-order valence-corrected chi connectivity index (χ4v) is 3.50. The topological polar surface area (TPSA) is 60.3 Å². The van der Waals surface area contributed by atoms with E-state index in [4.69, 9.17) is 4.74 Å². The molecular weight excluding hydrogens is 292 g/mol. The van der Waals surface area contributed by atoms with E-state index >= 15 is 0 Å². The van der Waals surface area contributed by atoms with Gasteiger partial charge < -0.3 is 14.6 Å². The van der Waals surface area contributed by atoms with E-state index in [1.807, 2.05) is 25.5 Å². The highest BCUT2D eigenvalue weighted by Crippen LogP contribution is 2.23. The number of aromatic nitrogens is 1. The third kappa shape index (κ3) is 3.95. The van der Waals surface area contributed by atoms with E-state index in [1.54, 1.807) is 6.92 Å². The molecule has 5 nitrogen and oxygen atoms in total. The van der Waals surface area contributed by atoms with Crippen LogP contribution in [-0.2, 0) is 23.0 Å². The molecule has 1 saturated carbocycles. The van der Waals surface area contributed by atoms with Crippen molar-refractivity contribution < 1.29 is 14.3 Å². The Morgan fingerprint density at radius 1 is 1.26 bits per heavy atom. The van der Waals surface area contributed by atoms with Crippen LogP contribution in [0.25, 0.3) is 0 Å². The van der Waals surface area contributed by atoms with Crippen LogP contribution in [0.1, 0.15) is 66.3 Å². The fourth-order valence-electron chi connectivity index (χ4n) is 3.50. The summed E-state index contributed by atoms with van der Waals surface area (Å²) in [5.41, 5.74) is 3.63. The second-order valence-corrected chi connectivity index (χ2v) is 6.37. The van der Waals surface area contributed by atoms with Crippen LogP contribution in [0.3, 0.4) is 0 Å². The average molecular weight is 320 g/mol. The number of ether oxygens (including phenoxy) is 1. The highest BCUT2D eigenvalue weighted by Gasteiger charge is 2.22. The molecule has 5 heteroatoms. The van der Waals surface area contributed by atoms with Crippen LogP contribution in [-0.4, -0.2) is 29.1 Å². The quantitative estimate of drug-likeness (QED) is 0.820. The van der Waals surface area contributed by atoms with Gasteiger partial charge in [0.1, 0.15) is 5.69 Å². The molecule has 0 aromatic carbocycles. The number of nitrogens with one attached hydrogen (secondary N) is 1. The molecule has 1 fully saturated rings. The van der Waals surface area contributed by atoms with E-state index in [0.29, 0.717) is 31.2 Å². The highest BCUT2D eigenvalue weighted by molar-refractivity contribution is 5.90. The molecule has 0 saturated heterocycles. The Morgan fingerprint density at radius 2 is 1.91 bits per heavy atom. The van der Waals surface area contributed by atoms with Crippen LogP contribution in [0, 0.1) is 13.8 Å². The van der Waals surface area contributed by atoms with Crippen molar-refractivity contribution in [3.8, 4) is 0 Å². The van der Waals surface area contributed by atoms with E-state index < -0.39 is 0 Å². The molecule has 23 heavy (non-hydrogen) atoms. The van der Waals surface area contributed by atoms with Gasteiger partial charge in [-0.2, -0.15) is 0 Å². The third-order valence-electron chi connectivity index (χ3n) is 4.87. The van der Waals surface area contributed by atoms with Crippen molar-refractivity contribution in [2.75, 3.05) is 6.61 Å². The minimum absolute atomic E-state index is 0.109. The van der Waals surface area contributed by atoms with Crippen LogP contribution < -0.4 is 5.32 Å². The van der Waals surface area contributed by atoms with Crippen molar-refractivity contribution in [1.82, 2.24) is 9.88 Å². The van der Waals surface area contributed by atoms with Crippen LogP contribution in [0.2, 0.25) is 0 Å². The minimum Gasteiger partial charge on any atom is -0.461 e. The van der Waals surface area contributed by atoms with Crippen molar-refractivity contribution in [2.45, 2.75) is 65.3 Å². The van der Waals surface area contributed by atoms with E-state index in [2.05, 4.69) is 5.32 Å². The summed E-state index contributed by atoms with van der Waals surface area (Å²) in [6.07, 6.45) is 5.74. The lowest BCUT2D eigenvalue weighted by atomic mass is 10.0.